The maximum atomic E-state index is 12.5. The molecule has 2 rings (SSSR count). The van der Waals surface area contributed by atoms with E-state index >= 15 is 0 Å². The number of halogens is 3. The molecule has 0 amide bonds. The molecule has 0 radical (unpaired) electrons. The number of nitrogens with zero attached hydrogens (tertiary/aromatic N) is 1. The van der Waals surface area contributed by atoms with E-state index in [-0.39, 0.29) is 5.56 Å². The van der Waals surface area contributed by atoms with Crippen LogP contribution in [-0.2, 0) is 6.18 Å². The van der Waals surface area contributed by atoms with Crippen LogP contribution in [0.25, 0.3) is 11.1 Å². The Balaban J connectivity index is 2.53. The Morgan fingerprint density at radius 3 is 2.25 bits per heavy atom. The third-order valence-electron chi connectivity index (χ3n) is 2.88. The topological polar surface area (TPSA) is 50.2 Å². The summed E-state index contributed by atoms with van der Waals surface area (Å²) in [5.41, 5.74) is 0.283. The molecule has 0 aliphatic heterocycles. The number of pyridine rings is 1. The summed E-state index contributed by atoms with van der Waals surface area (Å²) in [7, 11) is 0. The van der Waals surface area contributed by atoms with Crippen molar-refractivity contribution in [3.63, 3.8) is 0 Å². The first kappa shape index (κ1) is 14.0. The predicted octanol–water partition coefficient (Wildman–Crippen LogP) is 3.77. The first-order chi connectivity index (χ1) is 9.30. The first-order valence-corrected chi connectivity index (χ1v) is 5.67. The smallest absolute Gasteiger partial charge is 0.416 e. The maximum Gasteiger partial charge on any atom is 0.416 e. The highest BCUT2D eigenvalue weighted by Crippen LogP contribution is 2.32. The highest BCUT2D eigenvalue weighted by atomic mass is 19.4. The van der Waals surface area contributed by atoms with Crippen LogP contribution >= 0.6 is 0 Å². The van der Waals surface area contributed by atoms with Crippen molar-refractivity contribution in [1.29, 1.82) is 0 Å². The van der Waals surface area contributed by atoms with Gasteiger partial charge in [0.25, 0.3) is 0 Å². The number of alkyl halides is 3. The number of aryl methyl sites for hydroxylation is 1. The minimum atomic E-state index is -4.41. The van der Waals surface area contributed by atoms with Crippen LogP contribution in [0, 0.1) is 6.92 Å². The molecule has 0 bridgehead atoms. The van der Waals surface area contributed by atoms with Crippen LogP contribution in [-0.4, -0.2) is 16.1 Å². The fourth-order valence-electron chi connectivity index (χ4n) is 1.92. The van der Waals surface area contributed by atoms with E-state index in [1.807, 2.05) is 0 Å². The largest absolute Gasteiger partial charge is 0.478 e. The molecular weight excluding hydrogens is 271 g/mol. The van der Waals surface area contributed by atoms with Crippen molar-refractivity contribution in [3.05, 3.63) is 53.3 Å². The van der Waals surface area contributed by atoms with Gasteiger partial charge in [-0.2, -0.15) is 13.2 Å². The van der Waals surface area contributed by atoms with Gasteiger partial charge in [-0.05, 0) is 36.2 Å². The summed E-state index contributed by atoms with van der Waals surface area (Å²) in [6, 6.07) is 5.83. The number of aromatic carboxylic acids is 1. The predicted molar refractivity (Wildman–Crippen MR) is 66.4 cm³/mol. The fraction of sp³-hybridized carbons (Fsp3) is 0.143. The molecule has 3 nitrogen and oxygen atoms in total. The van der Waals surface area contributed by atoms with Crippen LogP contribution in [0.15, 0.2) is 36.5 Å². The molecule has 1 heterocycles. The molecule has 0 aliphatic rings. The number of rotatable bonds is 2. The molecule has 20 heavy (non-hydrogen) atoms. The number of carboxylic acid groups (broad SMARTS) is 1. The monoisotopic (exact) mass is 281 g/mol. The van der Waals surface area contributed by atoms with Crippen LogP contribution in [0.3, 0.4) is 0 Å². The lowest BCUT2D eigenvalue weighted by Gasteiger charge is -2.10. The fourth-order valence-corrected chi connectivity index (χ4v) is 1.92. The Hall–Kier alpha value is -2.37. The van der Waals surface area contributed by atoms with E-state index in [1.165, 1.54) is 31.3 Å². The van der Waals surface area contributed by atoms with Gasteiger partial charge in [0.05, 0.1) is 16.8 Å². The number of hydrogen-bond acceptors (Lipinski definition) is 2. The van der Waals surface area contributed by atoms with Crippen molar-refractivity contribution in [2.24, 2.45) is 0 Å². The summed E-state index contributed by atoms with van der Waals surface area (Å²) in [5, 5.41) is 9.17. The summed E-state index contributed by atoms with van der Waals surface area (Å²) >= 11 is 0. The molecule has 0 saturated heterocycles. The number of carboxylic acids is 1. The third-order valence-corrected chi connectivity index (χ3v) is 2.88. The van der Waals surface area contributed by atoms with Gasteiger partial charge in [-0.3, -0.25) is 4.98 Å². The zero-order valence-electron chi connectivity index (χ0n) is 10.4. The molecular formula is C14H10F3NO2. The van der Waals surface area contributed by atoms with Crippen LogP contribution in [0.5, 0.6) is 0 Å². The first-order valence-electron chi connectivity index (χ1n) is 5.67. The number of aromatic nitrogens is 1. The second-order valence-corrected chi connectivity index (χ2v) is 4.20. The summed E-state index contributed by atoms with van der Waals surface area (Å²) in [5.74, 6) is -1.16. The molecule has 6 heteroatoms. The van der Waals surface area contributed by atoms with Crippen molar-refractivity contribution >= 4 is 5.97 Å². The zero-order valence-corrected chi connectivity index (χ0v) is 10.4. The number of carbonyl (C=O) groups is 1. The summed E-state index contributed by atoms with van der Waals surface area (Å²) in [6.07, 6.45) is -2.99. The minimum absolute atomic E-state index is 0.00717. The highest BCUT2D eigenvalue weighted by molar-refractivity contribution is 5.97. The quantitative estimate of drug-likeness (QED) is 0.911. The lowest BCUT2D eigenvalue weighted by Crippen LogP contribution is -2.06. The van der Waals surface area contributed by atoms with Crippen LogP contribution in [0.1, 0.15) is 21.6 Å². The maximum absolute atomic E-state index is 12.5. The molecule has 0 spiro atoms. The molecule has 0 atom stereocenters. The van der Waals surface area contributed by atoms with E-state index in [2.05, 4.69) is 4.98 Å². The van der Waals surface area contributed by atoms with E-state index in [0.29, 0.717) is 16.8 Å². The molecule has 104 valence electrons. The molecule has 0 aliphatic carbocycles. The van der Waals surface area contributed by atoms with Crippen molar-refractivity contribution in [1.82, 2.24) is 4.98 Å². The Kier molecular flexibility index (Phi) is 3.48. The Morgan fingerprint density at radius 2 is 1.75 bits per heavy atom. The molecule has 1 N–H and O–H groups in total. The van der Waals surface area contributed by atoms with Gasteiger partial charge in [0, 0.05) is 6.20 Å². The van der Waals surface area contributed by atoms with Gasteiger partial charge in [0.2, 0.25) is 0 Å². The molecule has 0 unspecified atom stereocenters. The average Bonchev–Trinajstić information content (AvgIpc) is 2.37. The van der Waals surface area contributed by atoms with E-state index < -0.39 is 17.7 Å². The SMILES string of the molecule is Cc1nccc(-c2ccc(C(F)(F)F)cc2)c1C(=O)O. The lowest BCUT2D eigenvalue weighted by atomic mass is 9.98. The van der Waals surface area contributed by atoms with E-state index in [9.17, 15) is 23.1 Å². The average molecular weight is 281 g/mol. The van der Waals surface area contributed by atoms with Crippen LogP contribution < -0.4 is 0 Å². The van der Waals surface area contributed by atoms with E-state index in [4.69, 9.17) is 0 Å². The van der Waals surface area contributed by atoms with Gasteiger partial charge in [0.1, 0.15) is 0 Å². The molecule has 1 aromatic carbocycles. The Labute approximate surface area is 112 Å². The normalized spacial score (nSPS) is 11.4. The second-order valence-electron chi connectivity index (χ2n) is 4.20. The van der Waals surface area contributed by atoms with E-state index in [0.717, 1.165) is 12.1 Å². The standard InChI is InChI=1S/C14H10F3NO2/c1-8-12(13(19)20)11(6-7-18-8)9-2-4-10(5-3-9)14(15,16)17/h2-7H,1H3,(H,19,20). The van der Waals surface area contributed by atoms with Gasteiger partial charge >= 0.3 is 12.1 Å². The van der Waals surface area contributed by atoms with Crippen molar-refractivity contribution in [2.75, 3.05) is 0 Å². The molecule has 0 saturated carbocycles. The van der Waals surface area contributed by atoms with Crippen molar-refractivity contribution in [3.8, 4) is 11.1 Å². The van der Waals surface area contributed by atoms with Gasteiger partial charge in [-0.1, -0.05) is 12.1 Å². The van der Waals surface area contributed by atoms with Crippen molar-refractivity contribution < 1.29 is 23.1 Å². The van der Waals surface area contributed by atoms with Crippen molar-refractivity contribution in [2.45, 2.75) is 13.1 Å². The van der Waals surface area contributed by atoms with E-state index in [1.54, 1.807) is 0 Å². The molecule has 0 fully saturated rings. The Bertz CT molecular complexity index is 648. The van der Waals surface area contributed by atoms with Gasteiger partial charge < -0.3 is 5.11 Å². The number of benzene rings is 1. The summed E-state index contributed by atoms with van der Waals surface area (Å²) in [6.45, 7) is 1.54. The highest BCUT2D eigenvalue weighted by Gasteiger charge is 2.30. The molecule has 1 aromatic heterocycles. The second kappa shape index (κ2) is 4.96. The zero-order chi connectivity index (χ0) is 14.9. The van der Waals surface area contributed by atoms with Crippen LogP contribution in [0.2, 0.25) is 0 Å². The lowest BCUT2D eigenvalue weighted by molar-refractivity contribution is -0.137. The summed E-state index contributed by atoms with van der Waals surface area (Å²) in [4.78, 5) is 15.1. The van der Waals surface area contributed by atoms with Gasteiger partial charge in [0.15, 0.2) is 0 Å². The summed E-state index contributed by atoms with van der Waals surface area (Å²) < 4.78 is 37.5. The number of hydrogen-bond donors (Lipinski definition) is 1. The molecule has 2 aromatic rings. The Morgan fingerprint density at radius 1 is 1.15 bits per heavy atom. The third kappa shape index (κ3) is 2.64. The minimum Gasteiger partial charge on any atom is -0.478 e. The van der Waals surface area contributed by atoms with Crippen LogP contribution in [0.4, 0.5) is 13.2 Å². The van der Waals surface area contributed by atoms with Gasteiger partial charge in [-0.25, -0.2) is 4.79 Å². The van der Waals surface area contributed by atoms with Gasteiger partial charge in [-0.15, -0.1) is 0 Å².